The van der Waals surface area contributed by atoms with Gasteiger partial charge in [0.2, 0.25) is 0 Å². The monoisotopic (exact) mass is 394 g/mol. The number of hydrogen-bond acceptors (Lipinski definition) is 2. The van der Waals surface area contributed by atoms with Crippen LogP contribution in [0.3, 0.4) is 0 Å². The van der Waals surface area contributed by atoms with Crippen molar-refractivity contribution in [3.8, 4) is 16.9 Å². The van der Waals surface area contributed by atoms with Gasteiger partial charge in [0.05, 0.1) is 21.6 Å². The van der Waals surface area contributed by atoms with E-state index >= 15 is 0 Å². The third-order valence-corrected chi connectivity index (χ3v) is 4.48. The summed E-state index contributed by atoms with van der Waals surface area (Å²) in [6, 6.07) is 10.3. The summed E-state index contributed by atoms with van der Waals surface area (Å²) < 4.78 is 57.1. The minimum absolute atomic E-state index is 0.0336. The highest BCUT2D eigenvalue weighted by Gasteiger charge is 2.40. The van der Waals surface area contributed by atoms with E-state index in [4.69, 9.17) is 11.6 Å². The van der Waals surface area contributed by atoms with Gasteiger partial charge in [-0.25, -0.2) is 9.37 Å². The van der Waals surface area contributed by atoms with Crippen LogP contribution in [0.1, 0.15) is 5.69 Å². The highest BCUT2D eigenvalue weighted by Crippen LogP contribution is 2.42. The van der Waals surface area contributed by atoms with E-state index in [0.29, 0.717) is 11.0 Å². The zero-order valence-corrected chi connectivity index (χ0v) is 14.6. The maximum absolute atomic E-state index is 13.7. The number of halogens is 5. The Bertz CT molecular complexity index is 1160. The predicted molar refractivity (Wildman–Crippen MR) is 93.2 cm³/mol. The van der Waals surface area contributed by atoms with E-state index in [1.54, 1.807) is 24.3 Å². The minimum Gasteiger partial charge on any atom is -0.283 e. The molecule has 2 aromatic carbocycles. The Balaban J connectivity index is 2.10. The summed E-state index contributed by atoms with van der Waals surface area (Å²) in [4.78, 5) is 4.23. The second-order valence-corrected chi connectivity index (χ2v) is 6.30. The number of fused-ring (bicyclic) bond motifs is 1. The predicted octanol–water partition coefficient (Wildman–Crippen LogP) is 5.24. The second-order valence-electron chi connectivity index (χ2n) is 5.90. The van der Waals surface area contributed by atoms with Crippen LogP contribution in [0, 0.1) is 5.82 Å². The molecule has 0 bridgehead atoms. The van der Waals surface area contributed by atoms with Gasteiger partial charge in [-0.05, 0) is 30.3 Å². The van der Waals surface area contributed by atoms with E-state index in [1.165, 1.54) is 24.0 Å². The highest BCUT2D eigenvalue weighted by atomic mass is 35.5. The molecule has 0 radical (unpaired) electrons. The molecule has 4 nitrogen and oxygen atoms in total. The fraction of sp³-hybridized carbons (Fsp3) is 0.111. The lowest BCUT2D eigenvalue weighted by atomic mass is 10.0. The van der Waals surface area contributed by atoms with E-state index in [0.717, 1.165) is 16.8 Å². The van der Waals surface area contributed by atoms with E-state index in [-0.39, 0.29) is 22.0 Å². The van der Waals surface area contributed by atoms with Gasteiger partial charge in [-0.2, -0.15) is 18.3 Å². The summed E-state index contributed by atoms with van der Waals surface area (Å²) in [6.45, 7) is 0. The lowest BCUT2D eigenvalue weighted by Crippen LogP contribution is -2.08. The zero-order chi connectivity index (χ0) is 19.3. The second kappa shape index (κ2) is 6.09. The number of benzene rings is 2. The molecule has 0 aliphatic rings. The van der Waals surface area contributed by atoms with Gasteiger partial charge in [0, 0.05) is 12.6 Å². The van der Waals surface area contributed by atoms with Crippen molar-refractivity contribution < 1.29 is 17.6 Å². The third-order valence-electron chi connectivity index (χ3n) is 4.17. The Labute approximate surface area is 155 Å². The van der Waals surface area contributed by atoms with Crippen molar-refractivity contribution in [2.45, 2.75) is 6.18 Å². The Hall–Kier alpha value is -2.87. The van der Waals surface area contributed by atoms with E-state index in [2.05, 4.69) is 10.1 Å². The molecule has 0 spiro atoms. The van der Waals surface area contributed by atoms with Crippen LogP contribution in [0.25, 0.3) is 28.0 Å². The fourth-order valence-corrected chi connectivity index (χ4v) is 3.32. The lowest BCUT2D eigenvalue weighted by molar-refractivity contribution is -0.140. The van der Waals surface area contributed by atoms with Crippen LogP contribution >= 0.6 is 11.6 Å². The molecular weight excluding hydrogens is 384 g/mol. The first-order valence-corrected chi connectivity index (χ1v) is 8.17. The van der Waals surface area contributed by atoms with Crippen LogP contribution in [0.5, 0.6) is 0 Å². The fourth-order valence-electron chi connectivity index (χ4n) is 3.06. The molecule has 0 aliphatic heterocycles. The SMILES string of the molecule is Cn1nc(C(F)(F)F)c(-c2ccc(F)cc2Cl)c1-n1cnc2ccccc21. The zero-order valence-electron chi connectivity index (χ0n) is 13.8. The van der Waals surface area contributed by atoms with Gasteiger partial charge < -0.3 is 0 Å². The normalized spacial score (nSPS) is 12.1. The molecular formula is C18H11ClF4N4. The molecule has 0 atom stereocenters. The quantitative estimate of drug-likeness (QED) is 0.436. The van der Waals surface area contributed by atoms with Crippen molar-refractivity contribution >= 4 is 22.6 Å². The Morgan fingerprint density at radius 2 is 1.81 bits per heavy atom. The van der Waals surface area contributed by atoms with Gasteiger partial charge in [-0.15, -0.1) is 0 Å². The van der Waals surface area contributed by atoms with E-state index in [9.17, 15) is 17.6 Å². The van der Waals surface area contributed by atoms with Crippen molar-refractivity contribution in [3.63, 3.8) is 0 Å². The van der Waals surface area contributed by atoms with Crippen molar-refractivity contribution in [2.24, 2.45) is 7.05 Å². The van der Waals surface area contributed by atoms with Crippen LogP contribution < -0.4 is 0 Å². The van der Waals surface area contributed by atoms with Crippen LogP contribution in [0.4, 0.5) is 17.6 Å². The van der Waals surface area contributed by atoms with Crippen molar-refractivity contribution in [3.05, 3.63) is 65.3 Å². The van der Waals surface area contributed by atoms with Crippen LogP contribution in [0.15, 0.2) is 48.8 Å². The van der Waals surface area contributed by atoms with Gasteiger partial charge >= 0.3 is 6.18 Å². The number of nitrogens with zero attached hydrogens (tertiary/aromatic N) is 4. The third kappa shape index (κ3) is 2.86. The lowest BCUT2D eigenvalue weighted by Gasteiger charge is -2.12. The van der Waals surface area contributed by atoms with Gasteiger partial charge in [-0.3, -0.25) is 9.25 Å². The standard InChI is InChI=1S/C18H11ClF4N4/c1-26-17(27-9-24-13-4-2-3-5-14(13)27)15(16(25-26)18(21,22)23)11-7-6-10(20)8-12(11)19/h2-9H,1H3. The molecule has 0 N–H and O–H groups in total. The molecule has 9 heteroatoms. The average Bonchev–Trinajstić information content (AvgIpc) is 3.15. The van der Waals surface area contributed by atoms with E-state index in [1.807, 2.05) is 0 Å². The molecule has 0 amide bonds. The Kier molecular flexibility index (Phi) is 3.96. The van der Waals surface area contributed by atoms with Gasteiger partial charge in [-0.1, -0.05) is 23.7 Å². The Morgan fingerprint density at radius 1 is 1.07 bits per heavy atom. The summed E-state index contributed by atoms with van der Waals surface area (Å²) in [7, 11) is 1.40. The Morgan fingerprint density at radius 3 is 2.52 bits per heavy atom. The first kappa shape index (κ1) is 17.5. The van der Waals surface area contributed by atoms with Gasteiger partial charge in [0.1, 0.15) is 18.0 Å². The molecule has 0 saturated carbocycles. The smallest absolute Gasteiger partial charge is 0.283 e. The molecule has 0 fully saturated rings. The molecule has 2 aromatic heterocycles. The number of aromatic nitrogens is 4. The first-order chi connectivity index (χ1) is 12.8. The highest BCUT2D eigenvalue weighted by molar-refractivity contribution is 6.33. The largest absolute Gasteiger partial charge is 0.435 e. The van der Waals surface area contributed by atoms with E-state index < -0.39 is 17.7 Å². The summed E-state index contributed by atoms with van der Waals surface area (Å²) >= 11 is 6.08. The van der Waals surface area contributed by atoms with Crippen molar-refractivity contribution in [1.82, 2.24) is 19.3 Å². The average molecular weight is 395 g/mol. The molecule has 4 rings (SSSR count). The van der Waals surface area contributed by atoms with Gasteiger partial charge in [0.25, 0.3) is 0 Å². The summed E-state index contributed by atoms with van der Waals surface area (Å²) in [5.41, 5.74) is -0.0900. The number of aryl methyl sites for hydroxylation is 1. The topological polar surface area (TPSA) is 35.6 Å². The molecule has 138 valence electrons. The van der Waals surface area contributed by atoms with Crippen molar-refractivity contribution in [1.29, 1.82) is 0 Å². The number of alkyl halides is 3. The number of imidazole rings is 1. The number of hydrogen-bond donors (Lipinski definition) is 0. The van der Waals surface area contributed by atoms with Gasteiger partial charge in [0.15, 0.2) is 5.69 Å². The molecule has 27 heavy (non-hydrogen) atoms. The summed E-state index contributed by atoms with van der Waals surface area (Å²) in [5.74, 6) is -0.514. The maximum Gasteiger partial charge on any atom is 0.435 e. The maximum atomic E-state index is 13.7. The molecule has 0 saturated heterocycles. The molecule has 4 aromatic rings. The number of rotatable bonds is 2. The summed E-state index contributed by atoms with van der Waals surface area (Å²) in [5, 5.41) is 3.54. The minimum atomic E-state index is -4.72. The van der Waals surface area contributed by atoms with Crippen LogP contribution in [0.2, 0.25) is 5.02 Å². The van der Waals surface area contributed by atoms with Crippen LogP contribution in [-0.2, 0) is 13.2 Å². The first-order valence-electron chi connectivity index (χ1n) is 7.79. The molecule has 2 heterocycles. The van der Waals surface area contributed by atoms with Crippen LogP contribution in [-0.4, -0.2) is 19.3 Å². The molecule has 0 aliphatic carbocycles. The summed E-state index contributed by atoms with van der Waals surface area (Å²) in [6.07, 6.45) is -3.30. The van der Waals surface area contributed by atoms with Crippen molar-refractivity contribution in [2.75, 3.05) is 0 Å². The number of para-hydroxylation sites is 2. The molecule has 0 unspecified atom stereocenters.